The van der Waals surface area contributed by atoms with Gasteiger partial charge in [0, 0.05) is 11.1 Å². The molecule has 2 N–H and O–H groups in total. The average Bonchev–Trinajstić information content (AvgIpc) is 2.29. The van der Waals surface area contributed by atoms with Crippen LogP contribution in [0.25, 0.3) is 0 Å². The first kappa shape index (κ1) is 14.4. The highest BCUT2D eigenvalue weighted by Gasteiger charge is 2.14. The largest absolute Gasteiger partial charge is 0.324 e. The van der Waals surface area contributed by atoms with E-state index in [4.69, 9.17) is 17.3 Å². The zero-order valence-corrected chi connectivity index (χ0v) is 10.7. The Morgan fingerprint density at radius 2 is 1.82 bits per heavy atom. The van der Waals surface area contributed by atoms with Crippen LogP contribution in [0.1, 0.15) is 50.6 Å². The van der Waals surface area contributed by atoms with Crippen molar-refractivity contribution >= 4 is 11.6 Å². The van der Waals surface area contributed by atoms with Crippen molar-refractivity contribution in [3.05, 3.63) is 34.4 Å². The van der Waals surface area contributed by atoms with Gasteiger partial charge in [0.15, 0.2) is 11.6 Å². The van der Waals surface area contributed by atoms with E-state index >= 15 is 0 Å². The van der Waals surface area contributed by atoms with Gasteiger partial charge < -0.3 is 5.73 Å². The number of rotatable bonds is 6. The van der Waals surface area contributed by atoms with E-state index in [1.165, 1.54) is 0 Å². The summed E-state index contributed by atoms with van der Waals surface area (Å²) in [6, 6.07) is 1.76. The van der Waals surface area contributed by atoms with Crippen molar-refractivity contribution in [2.45, 2.75) is 45.1 Å². The maximum Gasteiger partial charge on any atom is 0.160 e. The Kier molecular flexibility index (Phi) is 5.86. The molecule has 0 aliphatic carbocycles. The highest BCUT2D eigenvalue weighted by Crippen LogP contribution is 2.27. The fourth-order valence-electron chi connectivity index (χ4n) is 1.77. The van der Waals surface area contributed by atoms with Crippen LogP contribution in [0.3, 0.4) is 0 Å². The predicted molar refractivity (Wildman–Crippen MR) is 67.1 cm³/mol. The molecule has 0 bridgehead atoms. The maximum absolute atomic E-state index is 13.1. The Bertz CT molecular complexity index is 369. The average molecular weight is 262 g/mol. The third-order valence-corrected chi connectivity index (χ3v) is 3.14. The predicted octanol–water partition coefficient (Wildman–Crippen LogP) is 4.59. The Balaban J connectivity index is 2.62. The lowest BCUT2D eigenvalue weighted by Crippen LogP contribution is -2.11. The van der Waals surface area contributed by atoms with Gasteiger partial charge in [-0.25, -0.2) is 8.78 Å². The smallest absolute Gasteiger partial charge is 0.160 e. The zero-order valence-electron chi connectivity index (χ0n) is 9.98. The molecule has 0 amide bonds. The van der Waals surface area contributed by atoms with E-state index in [0.717, 1.165) is 44.2 Å². The minimum Gasteiger partial charge on any atom is -0.324 e. The summed E-state index contributed by atoms with van der Waals surface area (Å²) in [4.78, 5) is 0. The Hall–Kier alpha value is -0.670. The number of benzene rings is 1. The lowest BCUT2D eigenvalue weighted by Gasteiger charge is -2.14. The molecule has 1 atom stereocenters. The number of unbranched alkanes of at least 4 members (excludes halogenated alkanes) is 3. The number of halogens is 3. The third kappa shape index (κ3) is 4.25. The Morgan fingerprint density at radius 3 is 2.47 bits per heavy atom. The van der Waals surface area contributed by atoms with E-state index in [0.29, 0.717) is 5.56 Å². The second kappa shape index (κ2) is 6.92. The molecule has 1 aromatic carbocycles. The van der Waals surface area contributed by atoms with Crippen molar-refractivity contribution in [1.82, 2.24) is 0 Å². The first-order chi connectivity index (χ1) is 8.06. The molecule has 0 fully saturated rings. The van der Waals surface area contributed by atoms with Gasteiger partial charge in [-0.2, -0.15) is 0 Å². The first-order valence-corrected chi connectivity index (χ1v) is 6.34. The Labute approximate surface area is 106 Å². The Morgan fingerprint density at radius 1 is 1.18 bits per heavy atom. The lowest BCUT2D eigenvalue weighted by molar-refractivity contribution is 0.502. The SMILES string of the molecule is CCCCCCC(N)c1cc(F)c(F)cc1Cl. The van der Waals surface area contributed by atoms with Crippen molar-refractivity contribution in [2.24, 2.45) is 5.73 Å². The second-order valence-electron chi connectivity index (χ2n) is 4.24. The molecule has 96 valence electrons. The molecule has 1 unspecified atom stereocenters. The van der Waals surface area contributed by atoms with Gasteiger partial charge in [0.2, 0.25) is 0 Å². The van der Waals surface area contributed by atoms with Gasteiger partial charge in [-0.1, -0.05) is 44.2 Å². The second-order valence-corrected chi connectivity index (χ2v) is 4.65. The van der Waals surface area contributed by atoms with E-state index < -0.39 is 11.6 Å². The van der Waals surface area contributed by atoms with E-state index in [1.807, 2.05) is 0 Å². The molecule has 0 radical (unpaired) electrons. The van der Waals surface area contributed by atoms with E-state index in [1.54, 1.807) is 0 Å². The topological polar surface area (TPSA) is 26.0 Å². The van der Waals surface area contributed by atoms with Crippen molar-refractivity contribution in [1.29, 1.82) is 0 Å². The third-order valence-electron chi connectivity index (χ3n) is 2.81. The van der Waals surface area contributed by atoms with Crippen molar-refractivity contribution in [3.8, 4) is 0 Å². The standard InChI is InChI=1S/C13H18ClF2N/c1-2-3-4-5-6-13(17)9-7-11(15)12(16)8-10(9)14/h7-8,13H,2-6,17H2,1H3. The molecule has 0 saturated carbocycles. The summed E-state index contributed by atoms with van der Waals surface area (Å²) in [7, 11) is 0. The molecule has 1 rings (SSSR count). The minimum absolute atomic E-state index is 0.201. The van der Waals surface area contributed by atoms with Crippen LogP contribution in [-0.4, -0.2) is 0 Å². The lowest BCUT2D eigenvalue weighted by atomic mass is 10.0. The minimum atomic E-state index is -0.933. The van der Waals surface area contributed by atoms with Crippen LogP contribution in [0, 0.1) is 11.6 Å². The fraction of sp³-hybridized carbons (Fsp3) is 0.538. The molecule has 0 saturated heterocycles. The molecular weight excluding hydrogens is 244 g/mol. The molecular formula is C13H18ClF2N. The van der Waals surface area contributed by atoms with Crippen molar-refractivity contribution < 1.29 is 8.78 Å². The quantitative estimate of drug-likeness (QED) is 0.588. The number of hydrogen-bond acceptors (Lipinski definition) is 1. The van der Waals surface area contributed by atoms with Gasteiger partial charge in [0.1, 0.15) is 0 Å². The molecule has 0 aromatic heterocycles. The van der Waals surface area contributed by atoms with Crippen LogP contribution in [-0.2, 0) is 0 Å². The van der Waals surface area contributed by atoms with Gasteiger partial charge in [0.05, 0.1) is 0 Å². The van der Waals surface area contributed by atoms with Gasteiger partial charge in [-0.05, 0) is 24.1 Å². The first-order valence-electron chi connectivity index (χ1n) is 5.96. The number of hydrogen-bond donors (Lipinski definition) is 1. The zero-order chi connectivity index (χ0) is 12.8. The van der Waals surface area contributed by atoms with Crippen LogP contribution in [0.2, 0.25) is 5.02 Å². The van der Waals surface area contributed by atoms with Crippen molar-refractivity contribution in [2.75, 3.05) is 0 Å². The molecule has 1 aromatic rings. The van der Waals surface area contributed by atoms with Crippen molar-refractivity contribution in [3.63, 3.8) is 0 Å². The van der Waals surface area contributed by atoms with E-state index in [9.17, 15) is 8.78 Å². The summed E-state index contributed by atoms with van der Waals surface area (Å²) in [6.07, 6.45) is 5.14. The highest BCUT2D eigenvalue weighted by molar-refractivity contribution is 6.31. The summed E-state index contributed by atoms with van der Waals surface area (Å²) < 4.78 is 25.9. The summed E-state index contributed by atoms with van der Waals surface area (Å²) >= 11 is 5.85. The van der Waals surface area contributed by atoms with E-state index in [-0.39, 0.29) is 11.1 Å². The van der Waals surface area contributed by atoms with Gasteiger partial charge in [0.25, 0.3) is 0 Å². The summed E-state index contributed by atoms with van der Waals surface area (Å²) in [6.45, 7) is 2.13. The molecule has 0 aliphatic heterocycles. The maximum atomic E-state index is 13.1. The van der Waals surface area contributed by atoms with Crippen LogP contribution < -0.4 is 5.73 Å². The molecule has 0 spiro atoms. The monoisotopic (exact) mass is 261 g/mol. The summed E-state index contributed by atoms with van der Waals surface area (Å²) in [5.74, 6) is -1.83. The van der Waals surface area contributed by atoms with Gasteiger partial charge >= 0.3 is 0 Å². The fourth-order valence-corrected chi connectivity index (χ4v) is 2.06. The summed E-state index contributed by atoms with van der Waals surface area (Å²) in [5.41, 5.74) is 6.41. The van der Waals surface area contributed by atoms with Gasteiger partial charge in [-0.15, -0.1) is 0 Å². The summed E-state index contributed by atoms with van der Waals surface area (Å²) in [5, 5.41) is 0.201. The van der Waals surface area contributed by atoms with Gasteiger partial charge in [-0.3, -0.25) is 0 Å². The molecule has 1 nitrogen and oxygen atoms in total. The molecule has 4 heteroatoms. The highest BCUT2D eigenvalue weighted by atomic mass is 35.5. The van der Waals surface area contributed by atoms with E-state index in [2.05, 4.69) is 6.92 Å². The van der Waals surface area contributed by atoms with Crippen LogP contribution in [0.15, 0.2) is 12.1 Å². The molecule has 17 heavy (non-hydrogen) atoms. The van der Waals surface area contributed by atoms with Crippen LogP contribution >= 0.6 is 11.6 Å². The molecule has 0 heterocycles. The normalized spacial score (nSPS) is 12.8. The van der Waals surface area contributed by atoms with Crippen LogP contribution in [0.4, 0.5) is 8.78 Å². The van der Waals surface area contributed by atoms with Crippen LogP contribution in [0.5, 0.6) is 0 Å². The molecule has 0 aliphatic rings. The number of nitrogens with two attached hydrogens (primary N) is 1.